The molecule has 0 fully saturated rings. The first-order valence-corrected chi connectivity index (χ1v) is 3.41. The van der Waals surface area contributed by atoms with Crippen molar-refractivity contribution < 1.29 is 14.3 Å². The summed E-state index contributed by atoms with van der Waals surface area (Å²) in [6, 6.07) is 1.58. The second kappa shape index (κ2) is 5.08. The summed E-state index contributed by atoms with van der Waals surface area (Å²) in [5, 5.41) is 8.40. The van der Waals surface area contributed by atoms with Crippen LogP contribution in [0.25, 0.3) is 0 Å². The molecule has 4 heteroatoms. The molecule has 0 saturated carbocycles. The highest BCUT2D eigenvalue weighted by Crippen LogP contribution is 1.96. The largest absolute Gasteiger partial charge is 0.462 e. The lowest BCUT2D eigenvalue weighted by atomic mass is 10.2. The third-order valence-corrected chi connectivity index (χ3v) is 0.963. The van der Waals surface area contributed by atoms with Gasteiger partial charge in [-0.2, -0.15) is 5.26 Å². The molecule has 0 rings (SSSR count). The molecule has 0 unspecified atom stereocenters. The van der Waals surface area contributed by atoms with Crippen LogP contribution in [0.5, 0.6) is 0 Å². The smallest absolute Gasteiger partial charge is 0.349 e. The minimum Gasteiger partial charge on any atom is -0.462 e. The number of allylic oxidation sites excluding steroid dienone is 1. The Morgan fingerprint density at radius 3 is 2.50 bits per heavy atom. The van der Waals surface area contributed by atoms with Gasteiger partial charge in [0.25, 0.3) is 0 Å². The van der Waals surface area contributed by atoms with Gasteiger partial charge in [0.1, 0.15) is 11.6 Å². The highest BCUT2D eigenvalue weighted by atomic mass is 16.5. The number of hydrogen-bond acceptors (Lipinski definition) is 4. The van der Waals surface area contributed by atoms with Gasteiger partial charge < -0.3 is 4.74 Å². The molecule has 0 aliphatic rings. The average Bonchev–Trinajstić information content (AvgIpc) is 2.00. The Balaban J connectivity index is 4.48. The summed E-state index contributed by atoms with van der Waals surface area (Å²) < 4.78 is 4.51. The molecule has 64 valence electrons. The zero-order valence-corrected chi connectivity index (χ0v) is 6.96. The number of nitrogens with zero attached hydrogens (tertiary/aromatic N) is 1. The van der Waals surface area contributed by atoms with Gasteiger partial charge in [-0.25, -0.2) is 4.79 Å². The van der Waals surface area contributed by atoms with Crippen molar-refractivity contribution in [2.75, 3.05) is 6.61 Å². The fourth-order valence-electron chi connectivity index (χ4n) is 0.549. The van der Waals surface area contributed by atoms with Gasteiger partial charge in [-0.1, -0.05) is 0 Å². The van der Waals surface area contributed by atoms with E-state index >= 15 is 0 Å². The van der Waals surface area contributed by atoms with Crippen LogP contribution in [-0.2, 0) is 14.3 Å². The molecule has 0 atom stereocenters. The van der Waals surface area contributed by atoms with Crippen molar-refractivity contribution in [1.82, 2.24) is 0 Å². The van der Waals surface area contributed by atoms with E-state index in [2.05, 4.69) is 4.74 Å². The Labute approximate surface area is 70.4 Å². The van der Waals surface area contributed by atoms with Crippen LogP contribution in [0.2, 0.25) is 0 Å². The van der Waals surface area contributed by atoms with Crippen molar-refractivity contribution in [2.45, 2.75) is 13.8 Å². The highest BCUT2D eigenvalue weighted by Gasteiger charge is 2.09. The third kappa shape index (κ3) is 3.52. The number of ether oxygens (including phenoxy) is 1. The number of hydrogen-bond donors (Lipinski definition) is 0. The average molecular weight is 167 g/mol. The first-order valence-electron chi connectivity index (χ1n) is 3.41. The fraction of sp³-hybridized carbons (Fsp3) is 0.375. The Kier molecular flexibility index (Phi) is 4.39. The van der Waals surface area contributed by atoms with E-state index in [0.717, 1.165) is 6.08 Å². The summed E-state index contributed by atoms with van der Waals surface area (Å²) in [7, 11) is 0. The molecule has 4 nitrogen and oxygen atoms in total. The molecule has 0 aromatic carbocycles. The van der Waals surface area contributed by atoms with E-state index in [4.69, 9.17) is 5.26 Å². The van der Waals surface area contributed by atoms with E-state index in [1.807, 2.05) is 0 Å². The number of carbonyl (C=O) groups is 2. The van der Waals surface area contributed by atoms with Crippen LogP contribution in [0.1, 0.15) is 13.8 Å². The molecule has 0 aliphatic carbocycles. The SMILES string of the molecule is CCOC(=O)/C(C#N)=C/C(C)=O. The van der Waals surface area contributed by atoms with E-state index in [9.17, 15) is 9.59 Å². The van der Waals surface area contributed by atoms with E-state index in [-0.39, 0.29) is 18.0 Å². The van der Waals surface area contributed by atoms with E-state index in [1.165, 1.54) is 6.92 Å². The van der Waals surface area contributed by atoms with Crippen LogP contribution < -0.4 is 0 Å². The molecule has 0 radical (unpaired) electrons. The maximum atomic E-state index is 10.8. The summed E-state index contributed by atoms with van der Waals surface area (Å²) in [6.07, 6.45) is 0.956. The van der Waals surface area contributed by atoms with Crippen LogP contribution in [0.15, 0.2) is 11.6 Å². The summed E-state index contributed by atoms with van der Waals surface area (Å²) in [4.78, 5) is 21.3. The molecule has 12 heavy (non-hydrogen) atoms. The molecule has 0 aromatic heterocycles. The van der Waals surface area contributed by atoms with Crippen LogP contribution in [0.4, 0.5) is 0 Å². The van der Waals surface area contributed by atoms with Crippen molar-refractivity contribution >= 4 is 11.8 Å². The van der Waals surface area contributed by atoms with Gasteiger partial charge in [-0.05, 0) is 13.8 Å². The summed E-state index contributed by atoms with van der Waals surface area (Å²) in [6.45, 7) is 3.08. The van der Waals surface area contributed by atoms with Crippen molar-refractivity contribution in [2.24, 2.45) is 0 Å². The summed E-state index contributed by atoms with van der Waals surface area (Å²) in [5.74, 6) is -1.10. The Hall–Kier alpha value is -1.63. The van der Waals surface area contributed by atoms with Gasteiger partial charge in [0.05, 0.1) is 6.61 Å². The fourth-order valence-corrected chi connectivity index (χ4v) is 0.549. The van der Waals surface area contributed by atoms with Crippen LogP contribution in [0, 0.1) is 11.3 Å². The molecular weight excluding hydrogens is 158 g/mol. The molecular formula is C8H9NO3. The Bertz CT molecular complexity index is 260. The molecule has 0 heterocycles. The van der Waals surface area contributed by atoms with Crippen molar-refractivity contribution in [3.05, 3.63) is 11.6 Å². The molecule has 0 N–H and O–H groups in total. The zero-order valence-electron chi connectivity index (χ0n) is 6.96. The van der Waals surface area contributed by atoms with Crippen LogP contribution in [0.3, 0.4) is 0 Å². The molecule has 0 amide bonds. The monoisotopic (exact) mass is 167 g/mol. The lowest BCUT2D eigenvalue weighted by Crippen LogP contribution is -2.07. The third-order valence-electron chi connectivity index (χ3n) is 0.963. The van der Waals surface area contributed by atoms with Crippen molar-refractivity contribution in [1.29, 1.82) is 5.26 Å². The first-order chi connectivity index (χ1) is 5.61. The molecule has 0 aliphatic heterocycles. The normalized spacial score (nSPS) is 10.2. The maximum absolute atomic E-state index is 10.8. The van der Waals surface area contributed by atoms with Gasteiger partial charge in [0, 0.05) is 6.08 Å². The van der Waals surface area contributed by atoms with Crippen molar-refractivity contribution in [3.63, 3.8) is 0 Å². The second-order valence-electron chi connectivity index (χ2n) is 2.00. The predicted molar refractivity (Wildman–Crippen MR) is 41.0 cm³/mol. The first kappa shape index (κ1) is 10.4. The molecule has 0 aromatic rings. The van der Waals surface area contributed by atoms with E-state index < -0.39 is 5.97 Å². The Morgan fingerprint density at radius 2 is 2.17 bits per heavy atom. The van der Waals surface area contributed by atoms with Gasteiger partial charge in [-0.15, -0.1) is 0 Å². The van der Waals surface area contributed by atoms with Gasteiger partial charge in [-0.3, -0.25) is 4.79 Å². The van der Waals surface area contributed by atoms with E-state index in [1.54, 1.807) is 13.0 Å². The number of esters is 1. The number of nitriles is 1. The highest BCUT2D eigenvalue weighted by molar-refractivity contribution is 6.01. The summed E-state index contributed by atoms with van der Waals surface area (Å²) in [5.41, 5.74) is -0.260. The number of carbonyl (C=O) groups excluding carboxylic acids is 2. The molecule has 0 bridgehead atoms. The number of ketones is 1. The molecule has 0 spiro atoms. The topological polar surface area (TPSA) is 67.2 Å². The summed E-state index contributed by atoms with van der Waals surface area (Å²) >= 11 is 0. The van der Waals surface area contributed by atoms with Crippen LogP contribution in [-0.4, -0.2) is 18.4 Å². The van der Waals surface area contributed by atoms with Gasteiger partial charge in [0.15, 0.2) is 5.78 Å². The van der Waals surface area contributed by atoms with Crippen molar-refractivity contribution in [3.8, 4) is 6.07 Å². The second-order valence-corrected chi connectivity index (χ2v) is 2.00. The van der Waals surface area contributed by atoms with E-state index in [0.29, 0.717) is 0 Å². The van der Waals surface area contributed by atoms with Gasteiger partial charge in [0.2, 0.25) is 0 Å². The van der Waals surface area contributed by atoms with Crippen LogP contribution >= 0.6 is 0 Å². The quantitative estimate of drug-likeness (QED) is 0.350. The lowest BCUT2D eigenvalue weighted by molar-refractivity contribution is -0.138. The zero-order chi connectivity index (χ0) is 9.56. The maximum Gasteiger partial charge on any atom is 0.349 e. The predicted octanol–water partition coefficient (Wildman–Crippen LogP) is 0.588. The standard InChI is InChI=1S/C8H9NO3/c1-3-12-8(11)7(5-9)4-6(2)10/h4H,3H2,1-2H3/b7-4+. The lowest BCUT2D eigenvalue weighted by Gasteiger charge is -1.97. The molecule has 0 saturated heterocycles. The minimum atomic E-state index is -0.754. The van der Waals surface area contributed by atoms with Gasteiger partial charge >= 0.3 is 5.97 Å². The number of rotatable bonds is 3. The Morgan fingerprint density at radius 1 is 1.58 bits per heavy atom. The minimum absolute atomic E-state index is 0.190.